The molecule has 1 saturated heterocycles. The molecule has 1 aromatic carbocycles. The Morgan fingerprint density at radius 3 is 2.65 bits per heavy atom. The second-order valence-corrected chi connectivity index (χ2v) is 5.70. The average molecular weight is 273 g/mol. The van der Waals surface area contributed by atoms with Gasteiger partial charge >= 0.3 is 0 Å². The predicted molar refractivity (Wildman–Crippen MR) is 73.6 cm³/mol. The van der Waals surface area contributed by atoms with Gasteiger partial charge in [-0.3, -0.25) is 4.90 Å². The average Bonchev–Trinajstić information content (AvgIpc) is 2.62. The SMILES string of the molecule is CC1CN(C(C)c2cccc(Cl)c2Cl)CC1N. The van der Waals surface area contributed by atoms with Crippen molar-refractivity contribution < 1.29 is 0 Å². The second kappa shape index (κ2) is 5.15. The van der Waals surface area contributed by atoms with Crippen molar-refractivity contribution in [2.24, 2.45) is 11.7 Å². The number of nitrogens with zero attached hydrogens (tertiary/aromatic N) is 1. The van der Waals surface area contributed by atoms with E-state index in [0.717, 1.165) is 18.7 Å². The van der Waals surface area contributed by atoms with E-state index in [2.05, 4.69) is 18.7 Å². The molecule has 1 aromatic rings. The molecule has 3 unspecified atom stereocenters. The Hall–Kier alpha value is -0.280. The van der Waals surface area contributed by atoms with Crippen molar-refractivity contribution in [2.45, 2.75) is 25.9 Å². The number of nitrogens with two attached hydrogens (primary N) is 1. The molecule has 0 aromatic heterocycles. The van der Waals surface area contributed by atoms with E-state index < -0.39 is 0 Å². The molecule has 2 rings (SSSR count). The van der Waals surface area contributed by atoms with Crippen LogP contribution in [0.4, 0.5) is 0 Å². The first-order valence-corrected chi connectivity index (χ1v) is 6.70. The van der Waals surface area contributed by atoms with Crippen LogP contribution in [0.1, 0.15) is 25.5 Å². The molecule has 3 atom stereocenters. The van der Waals surface area contributed by atoms with Gasteiger partial charge in [0, 0.05) is 25.2 Å². The minimum atomic E-state index is 0.260. The Bertz CT molecular complexity index is 398. The molecular formula is C13H18Cl2N2. The summed E-state index contributed by atoms with van der Waals surface area (Å²) < 4.78 is 0. The minimum Gasteiger partial charge on any atom is -0.326 e. The van der Waals surface area contributed by atoms with Crippen LogP contribution in [-0.2, 0) is 0 Å². The Labute approximate surface area is 113 Å². The van der Waals surface area contributed by atoms with Gasteiger partial charge in [0.25, 0.3) is 0 Å². The summed E-state index contributed by atoms with van der Waals surface area (Å²) in [5.74, 6) is 0.537. The standard InChI is InChI=1S/C13H18Cl2N2/c1-8-6-17(7-12(8)16)9(2)10-4-3-5-11(14)13(10)15/h3-5,8-9,12H,6-7,16H2,1-2H3. The van der Waals surface area contributed by atoms with Crippen LogP contribution in [0.15, 0.2) is 18.2 Å². The maximum Gasteiger partial charge on any atom is 0.0640 e. The van der Waals surface area contributed by atoms with E-state index in [0.29, 0.717) is 16.0 Å². The van der Waals surface area contributed by atoms with E-state index in [1.165, 1.54) is 0 Å². The van der Waals surface area contributed by atoms with Gasteiger partial charge in [0.2, 0.25) is 0 Å². The van der Waals surface area contributed by atoms with Gasteiger partial charge in [0.05, 0.1) is 10.0 Å². The zero-order valence-corrected chi connectivity index (χ0v) is 11.7. The predicted octanol–water partition coefficient (Wildman–Crippen LogP) is 3.33. The second-order valence-electron chi connectivity index (χ2n) is 4.91. The van der Waals surface area contributed by atoms with Crippen molar-refractivity contribution in [3.63, 3.8) is 0 Å². The summed E-state index contributed by atoms with van der Waals surface area (Å²) in [6, 6.07) is 6.32. The van der Waals surface area contributed by atoms with Crippen molar-refractivity contribution in [3.8, 4) is 0 Å². The molecule has 2 nitrogen and oxygen atoms in total. The van der Waals surface area contributed by atoms with Gasteiger partial charge < -0.3 is 5.73 Å². The van der Waals surface area contributed by atoms with Crippen LogP contribution in [0, 0.1) is 5.92 Å². The summed E-state index contributed by atoms with van der Waals surface area (Å²) in [7, 11) is 0. The highest BCUT2D eigenvalue weighted by molar-refractivity contribution is 6.42. The molecule has 0 bridgehead atoms. The third kappa shape index (κ3) is 2.60. The lowest BCUT2D eigenvalue weighted by molar-refractivity contribution is 0.253. The molecular weight excluding hydrogens is 255 g/mol. The van der Waals surface area contributed by atoms with Gasteiger partial charge in [-0.15, -0.1) is 0 Å². The van der Waals surface area contributed by atoms with E-state index in [4.69, 9.17) is 28.9 Å². The fourth-order valence-corrected chi connectivity index (χ4v) is 2.85. The highest BCUT2D eigenvalue weighted by Gasteiger charge is 2.30. The highest BCUT2D eigenvalue weighted by atomic mass is 35.5. The lowest BCUT2D eigenvalue weighted by atomic mass is 10.1. The quantitative estimate of drug-likeness (QED) is 0.895. The van der Waals surface area contributed by atoms with Crippen LogP contribution in [0.25, 0.3) is 0 Å². The van der Waals surface area contributed by atoms with Crippen LogP contribution in [-0.4, -0.2) is 24.0 Å². The fourth-order valence-electron chi connectivity index (χ4n) is 2.39. The van der Waals surface area contributed by atoms with Crippen molar-refractivity contribution in [2.75, 3.05) is 13.1 Å². The minimum absolute atomic E-state index is 0.260. The fraction of sp³-hybridized carbons (Fsp3) is 0.538. The van der Waals surface area contributed by atoms with Crippen LogP contribution >= 0.6 is 23.2 Å². The molecule has 94 valence electrons. The smallest absolute Gasteiger partial charge is 0.0640 e. The lowest BCUT2D eigenvalue weighted by Crippen LogP contribution is -2.29. The van der Waals surface area contributed by atoms with Gasteiger partial charge in [-0.2, -0.15) is 0 Å². The zero-order valence-electron chi connectivity index (χ0n) is 10.2. The third-order valence-electron chi connectivity index (χ3n) is 3.68. The summed E-state index contributed by atoms with van der Waals surface area (Å²) in [5, 5.41) is 1.28. The maximum absolute atomic E-state index is 6.25. The largest absolute Gasteiger partial charge is 0.326 e. The van der Waals surface area contributed by atoms with E-state index in [-0.39, 0.29) is 12.1 Å². The number of rotatable bonds is 2. The number of halogens is 2. The Balaban J connectivity index is 2.20. The van der Waals surface area contributed by atoms with Crippen molar-refractivity contribution in [3.05, 3.63) is 33.8 Å². The van der Waals surface area contributed by atoms with Gasteiger partial charge in [0.15, 0.2) is 0 Å². The number of benzene rings is 1. The first-order valence-electron chi connectivity index (χ1n) is 5.94. The first kappa shape index (κ1) is 13.2. The van der Waals surface area contributed by atoms with E-state index in [9.17, 15) is 0 Å². The summed E-state index contributed by atoms with van der Waals surface area (Å²) in [4.78, 5) is 2.37. The van der Waals surface area contributed by atoms with Crippen LogP contribution in [0.2, 0.25) is 10.0 Å². The van der Waals surface area contributed by atoms with Crippen molar-refractivity contribution >= 4 is 23.2 Å². The Morgan fingerprint density at radius 2 is 2.06 bits per heavy atom. The zero-order chi connectivity index (χ0) is 12.6. The number of hydrogen-bond acceptors (Lipinski definition) is 2. The molecule has 1 fully saturated rings. The Kier molecular flexibility index (Phi) is 3.99. The van der Waals surface area contributed by atoms with Crippen LogP contribution < -0.4 is 5.73 Å². The monoisotopic (exact) mass is 272 g/mol. The summed E-state index contributed by atoms with van der Waals surface area (Å²) >= 11 is 12.3. The highest BCUT2D eigenvalue weighted by Crippen LogP contribution is 2.34. The summed E-state index contributed by atoms with van der Waals surface area (Å²) in [6.45, 7) is 6.29. The normalized spacial score (nSPS) is 27.4. The number of likely N-dealkylation sites (tertiary alicyclic amines) is 1. The van der Waals surface area contributed by atoms with Gasteiger partial charge in [0.1, 0.15) is 0 Å². The molecule has 0 saturated carbocycles. The molecule has 1 heterocycles. The molecule has 0 spiro atoms. The van der Waals surface area contributed by atoms with Gasteiger partial charge in [-0.25, -0.2) is 0 Å². The van der Waals surface area contributed by atoms with E-state index in [1.807, 2.05) is 18.2 Å². The molecule has 0 radical (unpaired) electrons. The van der Waals surface area contributed by atoms with Crippen molar-refractivity contribution in [1.82, 2.24) is 4.90 Å². The molecule has 2 N–H and O–H groups in total. The third-order valence-corrected chi connectivity index (χ3v) is 4.51. The molecule has 4 heteroatoms. The number of hydrogen-bond donors (Lipinski definition) is 1. The molecule has 1 aliphatic rings. The van der Waals surface area contributed by atoms with Crippen LogP contribution in [0.3, 0.4) is 0 Å². The molecule has 0 aliphatic carbocycles. The molecule has 0 amide bonds. The van der Waals surface area contributed by atoms with E-state index >= 15 is 0 Å². The molecule has 17 heavy (non-hydrogen) atoms. The summed E-state index contributed by atoms with van der Waals surface area (Å²) in [5.41, 5.74) is 7.14. The van der Waals surface area contributed by atoms with Crippen molar-refractivity contribution in [1.29, 1.82) is 0 Å². The lowest BCUT2D eigenvalue weighted by Gasteiger charge is -2.25. The van der Waals surface area contributed by atoms with Gasteiger partial charge in [-0.05, 0) is 24.5 Å². The van der Waals surface area contributed by atoms with Gasteiger partial charge in [-0.1, -0.05) is 42.3 Å². The van der Waals surface area contributed by atoms with Crippen LogP contribution in [0.5, 0.6) is 0 Å². The van der Waals surface area contributed by atoms with E-state index in [1.54, 1.807) is 0 Å². The maximum atomic E-state index is 6.25. The molecule has 1 aliphatic heterocycles. The topological polar surface area (TPSA) is 29.3 Å². The Morgan fingerprint density at radius 1 is 1.35 bits per heavy atom. The first-order chi connectivity index (χ1) is 8.00. The summed E-state index contributed by atoms with van der Waals surface area (Å²) in [6.07, 6.45) is 0.